The van der Waals surface area contributed by atoms with E-state index >= 15 is 0 Å². The van der Waals surface area contributed by atoms with Crippen LogP contribution in [0.5, 0.6) is 0 Å². The average Bonchev–Trinajstić information content (AvgIpc) is 3.07. The Bertz CT molecular complexity index is 215. The molecule has 0 aromatic carbocycles. The zero-order valence-electron chi connectivity index (χ0n) is 10.6. The SMILES string of the molecule is CCC1CCC1COCC(O)COCC1CO1. The quantitative estimate of drug-likeness (QED) is 0.620. The van der Waals surface area contributed by atoms with Crippen LogP contribution in [0.1, 0.15) is 26.2 Å². The van der Waals surface area contributed by atoms with Gasteiger partial charge in [0.15, 0.2) is 0 Å². The van der Waals surface area contributed by atoms with Crippen LogP contribution in [0.2, 0.25) is 0 Å². The van der Waals surface area contributed by atoms with Crippen molar-refractivity contribution in [1.29, 1.82) is 0 Å². The Hall–Kier alpha value is -0.160. The van der Waals surface area contributed by atoms with Crippen molar-refractivity contribution in [2.24, 2.45) is 11.8 Å². The third-order valence-corrected chi connectivity index (χ3v) is 3.76. The van der Waals surface area contributed by atoms with Crippen LogP contribution in [0.4, 0.5) is 0 Å². The van der Waals surface area contributed by atoms with Gasteiger partial charge in [-0.05, 0) is 24.7 Å². The first-order valence-electron chi connectivity index (χ1n) is 6.74. The van der Waals surface area contributed by atoms with Crippen molar-refractivity contribution in [3.8, 4) is 0 Å². The Kier molecular flexibility index (Phi) is 5.22. The molecule has 0 aromatic heterocycles. The molecule has 1 aliphatic carbocycles. The molecule has 2 aliphatic rings. The van der Waals surface area contributed by atoms with E-state index in [4.69, 9.17) is 14.2 Å². The number of hydrogen-bond donors (Lipinski definition) is 1. The topological polar surface area (TPSA) is 51.2 Å². The summed E-state index contributed by atoms with van der Waals surface area (Å²) in [5, 5.41) is 9.62. The van der Waals surface area contributed by atoms with Gasteiger partial charge in [0.1, 0.15) is 12.2 Å². The van der Waals surface area contributed by atoms with Crippen molar-refractivity contribution in [3.05, 3.63) is 0 Å². The second kappa shape index (κ2) is 6.69. The zero-order valence-corrected chi connectivity index (χ0v) is 10.6. The van der Waals surface area contributed by atoms with E-state index in [0.29, 0.717) is 25.7 Å². The summed E-state index contributed by atoms with van der Waals surface area (Å²) in [5.74, 6) is 1.56. The van der Waals surface area contributed by atoms with Crippen LogP contribution in [0, 0.1) is 11.8 Å². The maximum absolute atomic E-state index is 9.62. The van der Waals surface area contributed by atoms with Gasteiger partial charge in [0.2, 0.25) is 0 Å². The van der Waals surface area contributed by atoms with E-state index in [0.717, 1.165) is 19.1 Å². The van der Waals surface area contributed by atoms with Crippen LogP contribution < -0.4 is 0 Å². The molecule has 0 spiro atoms. The highest BCUT2D eigenvalue weighted by molar-refractivity contribution is 4.79. The summed E-state index contributed by atoms with van der Waals surface area (Å²) >= 11 is 0. The highest BCUT2D eigenvalue weighted by atomic mass is 16.6. The number of hydrogen-bond acceptors (Lipinski definition) is 4. The predicted octanol–water partition coefficient (Wildman–Crippen LogP) is 1.22. The molecular weight excluding hydrogens is 220 g/mol. The van der Waals surface area contributed by atoms with E-state index in [2.05, 4.69) is 6.92 Å². The Morgan fingerprint density at radius 2 is 1.82 bits per heavy atom. The van der Waals surface area contributed by atoms with E-state index in [9.17, 15) is 5.11 Å². The standard InChI is InChI=1S/C13H24O4/c1-2-10-3-4-11(10)5-15-6-12(14)7-16-8-13-9-17-13/h10-14H,2-9H2,1H3. The third kappa shape index (κ3) is 4.54. The maximum atomic E-state index is 9.62. The highest BCUT2D eigenvalue weighted by Crippen LogP contribution is 2.36. The summed E-state index contributed by atoms with van der Waals surface area (Å²) in [7, 11) is 0. The van der Waals surface area contributed by atoms with Gasteiger partial charge < -0.3 is 19.3 Å². The smallest absolute Gasteiger partial charge is 0.104 e. The highest BCUT2D eigenvalue weighted by Gasteiger charge is 2.29. The van der Waals surface area contributed by atoms with Crippen molar-refractivity contribution >= 4 is 0 Å². The molecule has 1 saturated heterocycles. The number of ether oxygens (including phenoxy) is 3. The molecule has 17 heavy (non-hydrogen) atoms. The zero-order chi connectivity index (χ0) is 12.1. The minimum absolute atomic E-state index is 0.267. The summed E-state index contributed by atoms with van der Waals surface area (Å²) < 4.78 is 15.9. The lowest BCUT2D eigenvalue weighted by atomic mass is 9.73. The van der Waals surface area contributed by atoms with Crippen LogP contribution in [0.25, 0.3) is 0 Å². The predicted molar refractivity (Wildman–Crippen MR) is 63.9 cm³/mol. The molecule has 0 amide bonds. The number of aliphatic hydroxyl groups excluding tert-OH is 1. The molecule has 1 saturated carbocycles. The molecular formula is C13H24O4. The molecule has 1 aliphatic heterocycles. The lowest BCUT2D eigenvalue weighted by Gasteiger charge is -2.35. The fraction of sp³-hybridized carbons (Fsp3) is 1.00. The fourth-order valence-corrected chi connectivity index (χ4v) is 2.30. The van der Waals surface area contributed by atoms with E-state index < -0.39 is 6.10 Å². The molecule has 1 N–H and O–H groups in total. The first-order chi connectivity index (χ1) is 8.29. The fourth-order valence-electron chi connectivity index (χ4n) is 2.30. The van der Waals surface area contributed by atoms with Crippen molar-refractivity contribution in [2.45, 2.75) is 38.4 Å². The first-order valence-corrected chi connectivity index (χ1v) is 6.74. The number of aliphatic hydroxyl groups is 1. The van der Waals surface area contributed by atoms with Gasteiger partial charge in [0.25, 0.3) is 0 Å². The van der Waals surface area contributed by atoms with Gasteiger partial charge in [-0.3, -0.25) is 0 Å². The minimum atomic E-state index is -0.506. The van der Waals surface area contributed by atoms with Gasteiger partial charge in [-0.25, -0.2) is 0 Å². The van der Waals surface area contributed by atoms with E-state index in [1.165, 1.54) is 19.3 Å². The molecule has 1 heterocycles. The summed E-state index contributed by atoms with van der Waals surface area (Å²) in [6.45, 7) is 5.16. The van der Waals surface area contributed by atoms with E-state index in [-0.39, 0.29) is 6.10 Å². The van der Waals surface area contributed by atoms with Gasteiger partial charge in [0.05, 0.1) is 26.4 Å². The van der Waals surface area contributed by atoms with Crippen LogP contribution >= 0.6 is 0 Å². The molecule has 2 rings (SSSR count). The average molecular weight is 244 g/mol. The Labute approximate surface area is 103 Å². The summed E-state index contributed by atoms with van der Waals surface area (Å²) in [6, 6.07) is 0. The molecule has 100 valence electrons. The van der Waals surface area contributed by atoms with Gasteiger partial charge in [-0.2, -0.15) is 0 Å². The Morgan fingerprint density at radius 3 is 2.35 bits per heavy atom. The van der Waals surface area contributed by atoms with Gasteiger partial charge >= 0.3 is 0 Å². The molecule has 4 heteroatoms. The number of epoxide rings is 1. The Balaban J connectivity index is 1.43. The van der Waals surface area contributed by atoms with E-state index in [1.54, 1.807) is 0 Å². The molecule has 4 nitrogen and oxygen atoms in total. The molecule has 0 radical (unpaired) electrons. The van der Waals surface area contributed by atoms with Crippen molar-refractivity contribution in [2.75, 3.05) is 33.0 Å². The molecule has 0 bridgehead atoms. The third-order valence-electron chi connectivity index (χ3n) is 3.76. The van der Waals surface area contributed by atoms with Crippen molar-refractivity contribution in [3.63, 3.8) is 0 Å². The lowest BCUT2D eigenvalue weighted by molar-refractivity contribution is -0.0435. The summed E-state index contributed by atoms with van der Waals surface area (Å²) in [6.07, 6.45) is 3.64. The molecule has 2 fully saturated rings. The van der Waals surface area contributed by atoms with Crippen LogP contribution in [0.3, 0.4) is 0 Å². The van der Waals surface area contributed by atoms with Gasteiger partial charge in [0, 0.05) is 6.61 Å². The molecule has 4 atom stereocenters. The van der Waals surface area contributed by atoms with Gasteiger partial charge in [-0.1, -0.05) is 13.3 Å². The summed E-state index contributed by atoms with van der Waals surface area (Å²) in [4.78, 5) is 0. The normalized spacial score (nSPS) is 33.2. The second-order valence-corrected chi connectivity index (χ2v) is 5.19. The maximum Gasteiger partial charge on any atom is 0.104 e. The largest absolute Gasteiger partial charge is 0.388 e. The van der Waals surface area contributed by atoms with Gasteiger partial charge in [-0.15, -0.1) is 0 Å². The first kappa shape index (κ1) is 13.3. The van der Waals surface area contributed by atoms with Crippen LogP contribution in [-0.2, 0) is 14.2 Å². The Morgan fingerprint density at radius 1 is 1.18 bits per heavy atom. The van der Waals surface area contributed by atoms with Crippen molar-refractivity contribution < 1.29 is 19.3 Å². The van der Waals surface area contributed by atoms with Crippen LogP contribution in [0.15, 0.2) is 0 Å². The van der Waals surface area contributed by atoms with E-state index in [1.807, 2.05) is 0 Å². The molecule has 4 unspecified atom stereocenters. The second-order valence-electron chi connectivity index (χ2n) is 5.19. The summed E-state index contributed by atoms with van der Waals surface area (Å²) in [5.41, 5.74) is 0. The number of rotatable bonds is 9. The van der Waals surface area contributed by atoms with Crippen LogP contribution in [-0.4, -0.2) is 50.3 Å². The lowest BCUT2D eigenvalue weighted by Crippen LogP contribution is -2.31. The molecule has 0 aromatic rings. The van der Waals surface area contributed by atoms with Crippen molar-refractivity contribution in [1.82, 2.24) is 0 Å². The monoisotopic (exact) mass is 244 g/mol. The minimum Gasteiger partial charge on any atom is -0.388 e.